The SMILES string of the molecule is CCCC(C)(C)Sc1ccc2[nH]c3c(c2c1)CCN1C[C@H](C[C@@](O)(CC)C1)C[C@]3(C(=O)OC)c1cc2c(cc1OC)N(C)[C@H]1[C@@](O)(C(=O)OC)[C@H](OC(C)=O)[C@]3(CC)C=CCN4CC[C@]21[C@@H]43. The molecule has 66 heavy (non-hydrogen) atoms. The molecule has 1 unspecified atom stereocenters. The number of aliphatic hydroxyl groups is 2. The van der Waals surface area contributed by atoms with Crippen LogP contribution in [-0.4, -0.2) is 138 Å². The van der Waals surface area contributed by atoms with E-state index >= 15 is 4.79 Å². The highest BCUT2D eigenvalue weighted by molar-refractivity contribution is 8.00. The van der Waals surface area contributed by atoms with E-state index in [1.54, 1.807) is 7.11 Å². The fourth-order valence-corrected chi connectivity index (χ4v) is 15.8. The van der Waals surface area contributed by atoms with Crippen molar-refractivity contribution in [3.63, 3.8) is 0 Å². The van der Waals surface area contributed by atoms with Crippen molar-refractivity contribution in [1.29, 1.82) is 0 Å². The van der Waals surface area contributed by atoms with Crippen LogP contribution in [0.5, 0.6) is 5.75 Å². The number of piperidine rings is 1. The highest BCUT2D eigenvalue weighted by Crippen LogP contribution is 2.68. The zero-order valence-electron chi connectivity index (χ0n) is 40.5. The van der Waals surface area contributed by atoms with Crippen molar-refractivity contribution < 1.29 is 43.5 Å². The third-order valence-corrected chi connectivity index (χ3v) is 18.2. The average molecular weight is 927 g/mol. The molecule has 1 aromatic heterocycles. The van der Waals surface area contributed by atoms with Crippen LogP contribution in [0.4, 0.5) is 5.69 Å². The second-order valence-electron chi connectivity index (χ2n) is 21.0. The number of H-pyrrole nitrogens is 1. The number of esters is 3. The molecule has 0 radical (unpaired) electrons. The highest BCUT2D eigenvalue weighted by atomic mass is 32.2. The zero-order chi connectivity index (χ0) is 47.4. The van der Waals surface area contributed by atoms with Crippen molar-refractivity contribution >= 4 is 46.3 Å². The van der Waals surface area contributed by atoms with E-state index in [2.05, 4.69) is 72.0 Å². The highest BCUT2D eigenvalue weighted by Gasteiger charge is 2.80. The fourth-order valence-electron chi connectivity index (χ4n) is 14.6. The lowest BCUT2D eigenvalue weighted by molar-refractivity contribution is -0.228. The van der Waals surface area contributed by atoms with Gasteiger partial charge in [0.25, 0.3) is 0 Å². The summed E-state index contributed by atoms with van der Waals surface area (Å²) in [6.07, 6.45) is 8.05. The molecule has 5 aliphatic heterocycles. The van der Waals surface area contributed by atoms with Crippen LogP contribution in [0, 0.1) is 11.3 Å². The van der Waals surface area contributed by atoms with Gasteiger partial charge in [-0.3, -0.25) is 19.4 Å². The smallest absolute Gasteiger partial charge is 0.344 e. The van der Waals surface area contributed by atoms with Crippen molar-refractivity contribution in [3.8, 4) is 5.75 Å². The third-order valence-electron chi connectivity index (χ3n) is 16.9. The molecule has 6 aliphatic rings. The van der Waals surface area contributed by atoms with Crippen molar-refractivity contribution in [2.75, 3.05) is 66.0 Å². The maximum absolute atomic E-state index is 15.6. The number of hydrogen-bond acceptors (Lipinski definition) is 13. The molecule has 358 valence electrons. The van der Waals surface area contributed by atoms with Gasteiger partial charge in [-0.25, -0.2) is 4.79 Å². The van der Waals surface area contributed by atoms with Gasteiger partial charge in [-0.2, -0.15) is 0 Å². The number of benzene rings is 2. The van der Waals surface area contributed by atoms with Crippen LogP contribution in [0.15, 0.2) is 47.4 Å². The van der Waals surface area contributed by atoms with Crippen LogP contribution < -0.4 is 9.64 Å². The van der Waals surface area contributed by atoms with E-state index < -0.39 is 57.5 Å². The van der Waals surface area contributed by atoms with Gasteiger partial charge in [0.15, 0.2) is 6.10 Å². The lowest BCUT2D eigenvalue weighted by Crippen LogP contribution is -2.81. The monoisotopic (exact) mass is 926 g/mol. The van der Waals surface area contributed by atoms with Gasteiger partial charge in [-0.1, -0.05) is 53.2 Å². The number of rotatable bonds is 11. The van der Waals surface area contributed by atoms with Gasteiger partial charge in [0, 0.05) is 101 Å². The normalized spacial score (nSPS) is 34.6. The molecule has 3 N–H and O–H groups in total. The minimum atomic E-state index is -2.31. The number of nitrogens with one attached hydrogen (secondary N) is 1. The molecule has 1 spiro atoms. The van der Waals surface area contributed by atoms with Crippen molar-refractivity contribution in [3.05, 3.63) is 64.9 Å². The second-order valence-corrected chi connectivity index (χ2v) is 22.8. The van der Waals surface area contributed by atoms with Gasteiger partial charge in [0.2, 0.25) is 5.60 Å². The summed E-state index contributed by atoms with van der Waals surface area (Å²) in [7, 11) is 6.21. The maximum Gasteiger partial charge on any atom is 0.344 e. The molecule has 6 heterocycles. The Morgan fingerprint density at radius 3 is 2.38 bits per heavy atom. The molecule has 2 aromatic carbocycles. The van der Waals surface area contributed by atoms with Gasteiger partial charge >= 0.3 is 17.9 Å². The summed E-state index contributed by atoms with van der Waals surface area (Å²) in [4.78, 5) is 55.0. The van der Waals surface area contributed by atoms with Gasteiger partial charge in [0.1, 0.15) is 11.2 Å². The van der Waals surface area contributed by atoms with Crippen LogP contribution in [0.25, 0.3) is 10.9 Å². The summed E-state index contributed by atoms with van der Waals surface area (Å²) in [5, 5.41) is 26.7. The number of fused-ring (bicyclic) bond motifs is 6. The summed E-state index contributed by atoms with van der Waals surface area (Å²) in [6, 6.07) is 9.42. The van der Waals surface area contributed by atoms with Gasteiger partial charge in [-0.05, 0) is 92.8 Å². The molecule has 3 fully saturated rings. The van der Waals surface area contributed by atoms with Gasteiger partial charge < -0.3 is 39.0 Å². The first-order valence-corrected chi connectivity index (χ1v) is 24.9. The van der Waals surface area contributed by atoms with Crippen LogP contribution in [0.1, 0.15) is 109 Å². The van der Waals surface area contributed by atoms with E-state index in [4.69, 9.17) is 18.9 Å². The summed E-state index contributed by atoms with van der Waals surface area (Å²) < 4.78 is 24.3. The largest absolute Gasteiger partial charge is 0.496 e. The Balaban J connectivity index is 1.35. The summed E-state index contributed by atoms with van der Waals surface area (Å²) in [6.45, 7) is 15.4. The Kier molecular flexibility index (Phi) is 11.8. The molecular weight excluding hydrogens is 857 g/mol. The minimum absolute atomic E-state index is 0.0205. The molecule has 13 nitrogen and oxygen atoms in total. The average Bonchev–Trinajstić information content (AvgIpc) is 3.94. The number of aromatic amines is 1. The Labute approximate surface area is 393 Å². The Morgan fingerprint density at radius 1 is 0.955 bits per heavy atom. The first-order chi connectivity index (χ1) is 31.4. The van der Waals surface area contributed by atoms with Crippen LogP contribution >= 0.6 is 11.8 Å². The molecule has 14 heteroatoms. The molecule has 1 saturated carbocycles. The summed E-state index contributed by atoms with van der Waals surface area (Å²) in [5.41, 5.74) is -1.68. The number of aromatic nitrogens is 1. The lowest BCUT2D eigenvalue weighted by atomic mass is 9.47. The zero-order valence-corrected chi connectivity index (χ0v) is 41.4. The standard InChI is InChI=1S/C52H70N4O9S/c1-11-18-47(5,6)66-33-15-16-38-35(24-33)34-17-22-55-29-32(27-48(60,12-2)30-55)28-51(41(34)53-38,45(58)63-9)37-25-36-39(26-40(37)62-8)54(7)43-50(36)20-23-56-21-14-19-49(13-3,42(50)56)44(65-31(4)57)52(43,61)46(59)64-10/h14-16,19,24-26,32,42-44,53,60-61H,11-13,17-18,20-23,27-30H2,1-10H3/t32-,42+,43-,44-,48+,49-,50-,51+,52+/m1/s1. The van der Waals surface area contributed by atoms with Crippen LogP contribution in [0.2, 0.25) is 0 Å². The molecule has 3 aromatic rings. The Bertz CT molecular complexity index is 2470. The van der Waals surface area contributed by atoms with E-state index in [1.165, 1.54) is 21.1 Å². The first kappa shape index (κ1) is 47.0. The van der Waals surface area contributed by atoms with E-state index in [9.17, 15) is 19.8 Å². The number of carbonyl (C=O) groups is 3. The number of methoxy groups -OCH3 is 3. The minimum Gasteiger partial charge on any atom is -0.496 e. The van der Waals surface area contributed by atoms with E-state index in [0.717, 1.165) is 51.1 Å². The second kappa shape index (κ2) is 16.6. The number of hydrogen-bond donors (Lipinski definition) is 3. The molecule has 9 rings (SSSR count). The van der Waals surface area contributed by atoms with Gasteiger partial charge in [-0.15, -0.1) is 11.8 Å². The molecule has 1 aliphatic carbocycles. The molecule has 2 bridgehead atoms. The molecular formula is C52H70N4O9S. The number of thioether (sulfide) groups is 1. The number of carbonyl (C=O) groups excluding carboxylic acids is 3. The Hall–Kier alpha value is -4.08. The summed E-state index contributed by atoms with van der Waals surface area (Å²) >= 11 is 1.87. The van der Waals surface area contributed by atoms with E-state index in [0.29, 0.717) is 82.6 Å². The maximum atomic E-state index is 15.6. The number of nitrogens with zero attached hydrogens (tertiary/aromatic N) is 3. The lowest BCUT2D eigenvalue weighted by Gasteiger charge is -2.63. The van der Waals surface area contributed by atoms with Gasteiger partial charge in [0.05, 0.1) is 33.0 Å². The fraction of sp³-hybridized carbons (Fsp3) is 0.635. The van der Waals surface area contributed by atoms with Crippen LogP contribution in [0.3, 0.4) is 0 Å². The predicted octanol–water partition coefficient (Wildman–Crippen LogP) is 6.66. The topological polar surface area (TPSA) is 154 Å². The van der Waals surface area contributed by atoms with E-state index in [-0.39, 0.29) is 16.7 Å². The first-order valence-electron chi connectivity index (χ1n) is 24.1. The number of likely N-dealkylation sites (N-methyl/N-ethyl adjacent to an activating group) is 1. The van der Waals surface area contributed by atoms with Crippen molar-refractivity contribution in [1.82, 2.24) is 14.8 Å². The quantitative estimate of drug-likeness (QED) is 0.0814. The third kappa shape index (κ3) is 6.65. The van der Waals surface area contributed by atoms with Crippen molar-refractivity contribution in [2.45, 2.75) is 143 Å². The van der Waals surface area contributed by atoms with Crippen molar-refractivity contribution in [2.24, 2.45) is 11.3 Å². The predicted molar refractivity (Wildman–Crippen MR) is 255 cm³/mol. The number of ether oxygens (including phenoxy) is 4. The van der Waals surface area contributed by atoms with Crippen LogP contribution in [-0.2, 0) is 45.8 Å². The molecule has 10 atom stereocenters. The Morgan fingerprint density at radius 2 is 1.71 bits per heavy atom. The van der Waals surface area contributed by atoms with E-state index in [1.807, 2.05) is 43.6 Å². The summed E-state index contributed by atoms with van der Waals surface area (Å²) in [5.74, 6) is -1.57. The molecule has 0 amide bonds. The molecule has 2 saturated heterocycles. The number of anilines is 1.